The Morgan fingerprint density at radius 2 is 2.10 bits per heavy atom. The van der Waals surface area contributed by atoms with Crippen LogP contribution in [0.1, 0.15) is 26.4 Å². The van der Waals surface area contributed by atoms with Crippen molar-refractivity contribution >= 4 is 46.0 Å². The number of hydrogen-bond acceptors (Lipinski definition) is 6. The quantitative estimate of drug-likeness (QED) is 0.346. The van der Waals surface area contributed by atoms with Crippen molar-refractivity contribution in [3.05, 3.63) is 85.5 Å². The SMILES string of the molecule is Cc1ccc2c(c1)-c1sc(C(=O)N/N=C/c3coc4ccc(Cl)cc4c3=O)cc1CO2. The van der Waals surface area contributed by atoms with Crippen LogP contribution in [0.4, 0.5) is 0 Å². The summed E-state index contributed by atoms with van der Waals surface area (Å²) in [6, 6.07) is 12.6. The van der Waals surface area contributed by atoms with Gasteiger partial charge in [0.1, 0.15) is 24.2 Å². The van der Waals surface area contributed by atoms with Crippen molar-refractivity contribution in [3.8, 4) is 16.2 Å². The largest absolute Gasteiger partial charge is 0.488 e. The summed E-state index contributed by atoms with van der Waals surface area (Å²) in [7, 11) is 0. The van der Waals surface area contributed by atoms with Crippen LogP contribution >= 0.6 is 22.9 Å². The zero-order valence-electron chi connectivity index (χ0n) is 16.3. The minimum absolute atomic E-state index is 0.207. The zero-order chi connectivity index (χ0) is 21.5. The number of nitrogens with one attached hydrogen (secondary N) is 1. The van der Waals surface area contributed by atoms with Crippen molar-refractivity contribution in [1.29, 1.82) is 0 Å². The summed E-state index contributed by atoms with van der Waals surface area (Å²) < 4.78 is 11.2. The molecule has 0 radical (unpaired) electrons. The second-order valence-electron chi connectivity index (χ2n) is 7.11. The molecular formula is C23H15ClN2O4S. The van der Waals surface area contributed by atoms with Crippen LogP contribution in [0.3, 0.4) is 0 Å². The molecule has 1 aliphatic heterocycles. The second-order valence-corrected chi connectivity index (χ2v) is 8.60. The van der Waals surface area contributed by atoms with E-state index in [-0.39, 0.29) is 16.9 Å². The first-order valence-corrected chi connectivity index (χ1v) is 10.6. The molecule has 8 heteroatoms. The Bertz CT molecular complexity index is 1440. The van der Waals surface area contributed by atoms with E-state index in [0.717, 1.165) is 27.3 Å². The molecule has 2 aromatic carbocycles. The molecule has 3 heterocycles. The lowest BCUT2D eigenvalue weighted by Gasteiger charge is -2.17. The third-order valence-electron chi connectivity index (χ3n) is 4.93. The van der Waals surface area contributed by atoms with E-state index in [2.05, 4.69) is 16.6 Å². The van der Waals surface area contributed by atoms with Crippen molar-refractivity contribution in [2.45, 2.75) is 13.5 Å². The molecule has 2 aromatic heterocycles. The Morgan fingerprint density at radius 1 is 1.23 bits per heavy atom. The highest BCUT2D eigenvalue weighted by atomic mass is 35.5. The normalized spacial score (nSPS) is 12.5. The molecule has 154 valence electrons. The predicted molar refractivity (Wildman–Crippen MR) is 121 cm³/mol. The number of hydrogen-bond donors (Lipinski definition) is 1. The summed E-state index contributed by atoms with van der Waals surface area (Å²) in [6.07, 6.45) is 2.56. The summed E-state index contributed by atoms with van der Waals surface area (Å²) in [6.45, 7) is 2.43. The number of aryl methyl sites for hydroxylation is 1. The molecule has 5 rings (SSSR count). The van der Waals surface area contributed by atoms with Crippen LogP contribution in [0.5, 0.6) is 5.75 Å². The molecule has 4 aromatic rings. The molecule has 1 aliphatic rings. The number of rotatable bonds is 3. The van der Waals surface area contributed by atoms with Gasteiger partial charge in [0.25, 0.3) is 5.91 Å². The summed E-state index contributed by atoms with van der Waals surface area (Å²) in [5.74, 6) is 0.450. The fourth-order valence-corrected chi connectivity index (χ4v) is 4.65. The van der Waals surface area contributed by atoms with Gasteiger partial charge in [0.05, 0.1) is 22.0 Å². The van der Waals surface area contributed by atoms with E-state index in [9.17, 15) is 9.59 Å². The van der Waals surface area contributed by atoms with Crippen LogP contribution in [0.25, 0.3) is 21.4 Å². The minimum atomic E-state index is -0.363. The van der Waals surface area contributed by atoms with Gasteiger partial charge in [-0.05, 0) is 43.3 Å². The molecule has 0 aliphatic carbocycles. The monoisotopic (exact) mass is 450 g/mol. The molecule has 0 bridgehead atoms. The summed E-state index contributed by atoms with van der Waals surface area (Å²) in [5.41, 5.74) is 5.90. The van der Waals surface area contributed by atoms with E-state index in [0.29, 0.717) is 27.5 Å². The van der Waals surface area contributed by atoms with Gasteiger partial charge in [-0.2, -0.15) is 5.10 Å². The number of carbonyl (C=O) groups excluding carboxylic acids is 1. The van der Waals surface area contributed by atoms with E-state index < -0.39 is 0 Å². The van der Waals surface area contributed by atoms with Crippen LogP contribution in [0.15, 0.2) is 63.0 Å². The lowest BCUT2D eigenvalue weighted by Crippen LogP contribution is -2.17. The number of nitrogens with zero attached hydrogens (tertiary/aromatic N) is 1. The molecule has 6 nitrogen and oxygen atoms in total. The van der Waals surface area contributed by atoms with E-state index in [1.54, 1.807) is 12.1 Å². The Hall–Kier alpha value is -3.42. The van der Waals surface area contributed by atoms with Crippen molar-refractivity contribution in [1.82, 2.24) is 5.43 Å². The van der Waals surface area contributed by atoms with Gasteiger partial charge in [-0.1, -0.05) is 23.2 Å². The molecule has 0 unspecified atom stereocenters. The topological polar surface area (TPSA) is 80.9 Å². The second kappa shape index (κ2) is 7.68. The van der Waals surface area contributed by atoms with Crippen LogP contribution in [-0.4, -0.2) is 12.1 Å². The maximum Gasteiger partial charge on any atom is 0.281 e. The summed E-state index contributed by atoms with van der Waals surface area (Å²) in [5, 5.41) is 4.72. The number of carbonyl (C=O) groups is 1. The smallest absolute Gasteiger partial charge is 0.281 e. The molecule has 0 atom stereocenters. The Kier molecular flexibility index (Phi) is 4.84. The standard InChI is InChI=1S/C23H15ClN2O4S/c1-12-2-4-19-17(6-12)22-13(10-29-19)7-20(31-22)23(28)26-25-9-14-11-30-18-5-3-15(24)8-16(18)21(14)27/h2-9,11H,10H2,1H3,(H,26,28)/b25-9+. The molecule has 0 saturated carbocycles. The number of amides is 1. The van der Waals surface area contributed by atoms with Gasteiger partial charge in [-0.3, -0.25) is 9.59 Å². The van der Waals surface area contributed by atoms with Crippen LogP contribution in [0.2, 0.25) is 5.02 Å². The first-order chi connectivity index (χ1) is 15.0. The average molecular weight is 451 g/mol. The van der Waals surface area contributed by atoms with E-state index in [1.807, 2.05) is 25.1 Å². The van der Waals surface area contributed by atoms with Crippen LogP contribution in [0, 0.1) is 6.92 Å². The highest BCUT2D eigenvalue weighted by molar-refractivity contribution is 7.17. The van der Waals surface area contributed by atoms with Gasteiger partial charge >= 0.3 is 0 Å². The van der Waals surface area contributed by atoms with Gasteiger partial charge in [0, 0.05) is 21.0 Å². The maximum absolute atomic E-state index is 12.6. The lowest BCUT2D eigenvalue weighted by molar-refractivity contribution is 0.0959. The predicted octanol–water partition coefficient (Wildman–Crippen LogP) is 5.14. The first kappa shape index (κ1) is 19.5. The fourth-order valence-electron chi connectivity index (χ4n) is 3.40. The molecule has 0 fully saturated rings. The van der Waals surface area contributed by atoms with Crippen LogP contribution in [-0.2, 0) is 6.61 Å². The third-order valence-corrected chi connectivity index (χ3v) is 6.37. The van der Waals surface area contributed by atoms with Gasteiger partial charge in [-0.25, -0.2) is 5.43 Å². The number of hydrazone groups is 1. The molecule has 0 spiro atoms. The van der Waals surface area contributed by atoms with E-state index in [4.69, 9.17) is 20.8 Å². The van der Waals surface area contributed by atoms with Gasteiger partial charge in [0.2, 0.25) is 5.43 Å². The van der Waals surface area contributed by atoms with E-state index >= 15 is 0 Å². The maximum atomic E-state index is 12.6. The minimum Gasteiger partial charge on any atom is -0.488 e. The van der Waals surface area contributed by atoms with Gasteiger partial charge in [0.15, 0.2) is 0 Å². The highest BCUT2D eigenvalue weighted by Gasteiger charge is 2.22. The third kappa shape index (κ3) is 3.62. The van der Waals surface area contributed by atoms with Crippen molar-refractivity contribution < 1.29 is 13.9 Å². The van der Waals surface area contributed by atoms with Crippen molar-refractivity contribution in [2.75, 3.05) is 0 Å². The zero-order valence-corrected chi connectivity index (χ0v) is 17.8. The number of fused-ring (bicyclic) bond motifs is 4. The number of thiophene rings is 1. The Labute approximate surface area is 185 Å². The Balaban J connectivity index is 1.37. The van der Waals surface area contributed by atoms with Gasteiger partial charge < -0.3 is 9.15 Å². The number of benzene rings is 2. The molecular weight excluding hydrogens is 436 g/mol. The molecule has 1 N–H and O–H groups in total. The highest BCUT2D eigenvalue weighted by Crippen LogP contribution is 2.42. The average Bonchev–Trinajstić information content (AvgIpc) is 3.21. The summed E-state index contributed by atoms with van der Waals surface area (Å²) >= 11 is 7.35. The fraction of sp³-hybridized carbons (Fsp3) is 0.0870. The molecule has 1 amide bonds. The van der Waals surface area contributed by atoms with Crippen molar-refractivity contribution in [2.24, 2.45) is 5.10 Å². The lowest BCUT2D eigenvalue weighted by atomic mass is 10.0. The number of ether oxygens (including phenoxy) is 1. The molecule has 0 saturated heterocycles. The molecule has 31 heavy (non-hydrogen) atoms. The first-order valence-electron chi connectivity index (χ1n) is 9.40. The summed E-state index contributed by atoms with van der Waals surface area (Å²) in [4.78, 5) is 26.7. The number of halogens is 1. The van der Waals surface area contributed by atoms with Gasteiger partial charge in [-0.15, -0.1) is 11.3 Å². The Morgan fingerprint density at radius 3 is 2.97 bits per heavy atom. The van der Waals surface area contributed by atoms with E-state index in [1.165, 1.54) is 29.9 Å². The van der Waals surface area contributed by atoms with Crippen LogP contribution < -0.4 is 15.6 Å². The van der Waals surface area contributed by atoms with Crippen molar-refractivity contribution in [3.63, 3.8) is 0 Å².